The van der Waals surface area contributed by atoms with Gasteiger partial charge in [-0.25, -0.2) is 4.99 Å². The van der Waals surface area contributed by atoms with Crippen molar-refractivity contribution >= 4 is 35.8 Å². The number of rotatable bonds is 6. The molecule has 6 heteroatoms. The minimum absolute atomic E-state index is 0. The van der Waals surface area contributed by atoms with Crippen LogP contribution in [0.4, 0.5) is 0 Å². The molecule has 24 heavy (non-hydrogen) atoms. The summed E-state index contributed by atoms with van der Waals surface area (Å²) in [6, 6.07) is 8.27. The topological polar surface area (TPSA) is 56.7 Å². The average molecular weight is 444 g/mol. The first kappa shape index (κ1) is 20.7. The number of hydrogen-bond acceptors (Lipinski definition) is 2. The van der Waals surface area contributed by atoms with E-state index < -0.39 is 0 Å². The monoisotopic (exact) mass is 444 g/mol. The number of aliphatic imine (C=N–C) groups is 1. The Hall–Kier alpha value is -1.31. The molecule has 1 aliphatic rings. The van der Waals surface area contributed by atoms with E-state index in [1.54, 1.807) is 0 Å². The lowest BCUT2D eigenvalue weighted by atomic mass is 10.1. The summed E-state index contributed by atoms with van der Waals surface area (Å²) in [5, 5.41) is 6.49. The first-order valence-corrected chi connectivity index (χ1v) is 8.55. The summed E-state index contributed by atoms with van der Waals surface area (Å²) in [6.07, 6.45) is 2.80. The van der Waals surface area contributed by atoms with Crippen LogP contribution in [0.15, 0.2) is 29.3 Å². The second-order valence-corrected chi connectivity index (χ2v) is 5.89. The molecule has 0 bridgehead atoms. The van der Waals surface area contributed by atoms with Crippen LogP contribution in [0.1, 0.15) is 37.3 Å². The molecule has 0 unspecified atom stereocenters. The van der Waals surface area contributed by atoms with Crippen molar-refractivity contribution in [2.24, 2.45) is 4.99 Å². The van der Waals surface area contributed by atoms with Crippen molar-refractivity contribution in [1.29, 1.82) is 0 Å². The molecule has 0 aromatic heterocycles. The van der Waals surface area contributed by atoms with Crippen LogP contribution in [0.2, 0.25) is 0 Å². The zero-order valence-electron chi connectivity index (χ0n) is 14.7. The van der Waals surface area contributed by atoms with Crippen molar-refractivity contribution in [3.63, 3.8) is 0 Å². The average Bonchev–Trinajstić information content (AvgIpc) is 3.08. The fourth-order valence-electron chi connectivity index (χ4n) is 2.71. The summed E-state index contributed by atoms with van der Waals surface area (Å²) in [5.41, 5.74) is 2.47. The van der Waals surface area contributed by atoms with Crippen LogP contribution in [-0.2, 0) is 11.3 Å². The summed E-state index contributed by atoms with van der Waals surface area (Å²) >= 11 is 0. The zero-order valence-corrected chi connectivity index (χ0v) is 17.0. The number of benzene rings is 1. The maximum absolute atomic E-state index is 12.0. The number of carbonyl (C=O) groups excluding carboxylic acids is 1. The van der Waals surface area contributed by atoms with Crippen molar-refractivity contribution in [3.8, 4) is 0 Å². The third-order valence-electron chi connectivity index (χ3n) is 4.10. The van der Waals surface area contributed by atoms with Crippen molar-refractivity contribution in [3.05, 3.63) is 35.4 Å². The van der Waals surface area contributed by atoms with Crippen molar-refractivity contribution in [2.75, 3.05) is 26.2 Å². The van der Waals surface area contributed by atoms with Gasteiger partial charge in [0.15, 0.2) is 5.96 Å². The van der Waals surface area contributed by atoms with Gasteiger partial charge in [0.2, 0.25) is 5.91 Å². The first-order valence-electron chi connectivity index (χ1n) is 8.55. The Balaban J connectivity index is 0.00000288. The summed E-state index contributed by atoms with van der Waals surface area (Å²) in [4.78, 5) is 18.6. The van der Waals surface area contributed by atoms with E-state index >= 15 is 0 Å². The third-order valence-corrected chi connectivity index (χ3v) is 4.10. The summed E-state index contributed by atoms with van der Waals surface area (Å²) < 4.78 is 0. The van der Waals surface area contributed by atoms with Crippen LogP contribution in [0.5, 0.6) is 0 Å². The molecule has 1 saturated heterocycles. The van der Waals surface area contributed by atoms with Gasteiger partial charge in [0.25, 0.3) is 0 Å². The number of hydrogen-bond donors (Lipinski definition) is 2. The SMILES string of the molecule is CCNC(=NCc1ccccc1C)NCCC(=O)N1CCCC1.I. The largest absolute Gasteiger partial charge is 0.357 e. The number of aryl methyl sites for hydroxylation is 1. The zero-order chi connectivity index (χ0) is 16.5. The number of carbonyl (C=O) groups is 1. The van der Waals surface area contributed by atoms with Gasteiger partial charge in [-0.3, -0.25) is 4.79 Å². The molecule has 1 aliphatic heterocycles. The Labute approximate surface area is 162 Å². The molecule has 2 N–H and O–H groups in total. The van der Waals surface area contributed by atoms with Crippen LogP contribution < -0.4 is 10.6 Å². The minimum Gasteiger partial charge on any atom is -0.357 e. The molecule has 0 atom stereocenters. The van der Waals surface area contributed by atoms with Gasteiger partial charge in [0.05, 0.1) is 6.54 Å². The second-order valence-electron chi connectivity index (χ2n) is 5.89. The van der Waals surface area contributed by atoms with Crippen molar-refractivity contribution in [2.45, 2.75) is 39.7 Å². The van der Waals surface area contributed by atoms with Crippen LogP contribution in [0.25, 0.3) is 0 Å². The van der Waals surface area contributed by atoms with Crippen molar-refractivity contribution < 1.29 is 4.79 Å². The van der Waals surface area contributed by atoms with E-state index in [-0.39, 0.29) is 29.9 Å². The third kappa shape index (κ3) is 6.67. The highest BCUT2D eigenvalue weighted by Gasteiger charge is 2.17. The Morgan fingerprint density at radius 2 is 1.92 bits per heavy atom. The molecule has 0 saturated carbocycles. The molecule has 0 aliphatic carbocycles. The molecule has 0 spiro atoms. The number of nitrogens with zero attached hydrogens (tertiary/aromatic N) is 2. The molecule has 134 valence electrons. The standard InChI is InChI=1S/C18H28N4O.HI/c1-3-19-18(21-14-16-9-5-4-8-15(16)2)20-11-10-17(23)22-12-6-7-13-22;/h4-5,8-9H,3,6-7,10-14H2,1-2H3,(H2,19,20,21);1H. The number of halogens is 1. The number of guanidine groups is 1. The predicted molar refractivity (Wildman–Crippen MR) is 110 cm³/mol. The lowest BCUT2D eigenvalue weighted by Crippen LogP contribution is -2.39. The normalized spacial score (nSPS) is 14.2. The van der Waals surface area contributed by atoms with E-state index in [9.17, 15) is 4.79 Å². The van der Waals surface area contributed by atoms with Gasteiger partial charge in [-0.1, -0.05) is 24.3 Å². The van der Waals surface area contributed by atoms with Crippen LogP contribution in [-0.4, -0.2) is 42.9 Å². The minimum atomic E-state index is 0. The smallest absolute Gasteiger partial charge is 0.224 e. The summed E-state index contributed by atoms with van der Waals surface area (Å²) in [7, 11) is 0. The molecule has 1 aromatic carbocycles. The predicted octanol–water partition coefficient (Wildman–Crippen LogP) is 2.68. The number of nitrogens with one attached hydrogen (secondary N) is 2. The van der Waals surface area contributed by atoms with Gasteiger partial charge < -0.3 is 15.5 Å². The van der Waals surface area contributed by atoms with Gasteiger partial charge in [0.1, 0.15) is 0 Å². The van der Waals surface area contributed by atoms with Crippen LogP contribution in [0.3, 0.4) is 0 Å². The van der Waals surface area contributed by atoms with Crippen LogP contribution in [0, 0.1) is 6.92 Å². The lowest BCUT2D eigenvalue weighted by Gasteiger charge is -2.16. The molecular formula is C18H29IN4O. The maximum atomic E-state index is 12.0. The molecule has 2 rings (SSSR count). The molecular weight excluding hydrogens is 415 g/mol. The second kappa shape index (κ2) is 11.3. The van der Waals surface area contributed by atoms with Gasteiger partial charge in [0, 0.05) is 32.6 Å². The molecule has 1 aromatic rings. The van der Waals surface area contributed by atoms with E-state index in [1.165, 1.54) is 11.1 Å². The van der Waals surface area contributed by atoms with E-state index in [0.717, 1.165) is 38.4 Å². The highest BCUT2D eigenvalue weighted by Crippen LogP contribution is 2.09. The van der Waals surface area contributed by atoms with Crippen LogP contribution >= 0.6 is 24.0 Å². The maximum Gasteiger partial charge on any atom is 0.224 e. The van der Waals surface area contributed by atoms with Gasteiger partial charge in [-0.2, -0.15) is 0 Å². The van der Waals surface area contributed by atoms with Gasteiger partial charge in [-0.15, -0.1) is 24.0 Å². The van der Waals surface area contributed by atoms with E-state index in [4.69, 9.17) is 0 Å². The Morgan fingerprint density at radius 1 is 1.21 bits per heavy atom. The number of likely N-dealkylation sites (tertiary alicyclic amines) is 1. The summed E-state index contributed by atoms with van der Waals surface area (Å²) in [5.74, 6) is 1.01. The highest BCUT2D eigenvalue weighted by molar-refractivity contribution is 14.0. The molecule has 1 fully saturated rings. The molecule has 0 radical (unpaired) electrons. The van der Waals surface area contributed by atoms with E-state index in [1.807, 2.05) is 24.0 Å². The number of amides is 1. The fraction of sp³-hybridized carbons (Fsp3) is 0.556. The first-order chi connectivity index (χ1) is 11.2. The fourth-order valence-corrected chi connectivity index (χ4v) is 2.71. The molecule has 1 amide bonds. The van der Waals surface area contributed by atoms with Crippen molar-refractivity contribution in [1.82, 2.24) is 15.5 Å². The Bertz CT molecular complexity index is 542. The summed E-state index contributed by atoms with van der Waals surface area (Å²) in [6.45, 7) is 8.04. The molecule has 1 heterocycles. The highest BCUT2D eigenvalue weighted by atomic mass is 127. The molecule has 5 nitrogen and oxygen atoms in total. The van der Waals surface area contributed by atoms with Gasteiger partial charge in [-0.05, 0) is 37.8 Å². The van der Waals surface area contributed by atoms with E-state index in [0.29, 0.717) is 19.5 Å². The quantitative estimate of drug-likeness (QED) is 0.403. The van der Waals surface area contributed by atoms with E-state index in [2.05, 4.69) is 34.7 Å². The lowest BCUT2D eigenvalue weighted by molar-refractivity contribution is -0.129. The Kier molecular flexibility index (Phi) is 9.75. The van der Waals surface area contributed by atoms with Gasteiger partial charge >= 0.3 is 0 Å². The Morgan fingerprint density at radius 3 is 2.58 bits per heavy atom.